The quantitative estimate of drug-likeness (QED) is 0.728. The van der Waals surface area contributed by atoms with Gasteiger partial charge in [0, 0.05) is 23.8 Å². The summed E-state index contributed by atoms with van der Waals surface area (Å²) in [5.74, 6) is 0.0222. The number of anilines is 1. The zero-order valence-electron chi connectivity index (χ0n) is 16.5. The van der Waals surface area contributed by atoms with Crippen LogP contribution in [0.3, 0.4) is 0 Å². The Labute approximate surface area is 166 Å². The number of nitrogens with one attached hydrogen (secondary N) is 1. The summed E-state index contributed by atoms with van der Waals surface area (Å²) >= 11 is 1.64. The highest BCUT2D eigenvalue weighted by molar-refractivity contribution is 7.07. The second-order valence-corrected chi connectivity index (χ2v) is 8.35. The third-order valence-corrected chi connectivity index (χ3v) is 6.26. The van der Waals surface area contributed by atoms with E-state index in [1.807, 2.05) is 19.2 Å². The number of unbranched alkanes of at least 4 members (excludes halogenated alkanes) is 1. The molecule has 1 N–H and O–H groups in total. The van der Waals surface area contributed by atoms with Crippen molar-refractivity contribution in [2.75, 3.05) is 5.32 Å². The first kappa shape index (κ1) is 19.9. The molecule has 0 saturated heterocycles. The fourth-order valence-electron chi connectivity index (χ4n) is 3.55. The van der Waals surface area contributed by atoms with Crippen LogP contribution in [0.4, 0.5) is 5.69 Å². The number of aryl methyl sites for hydroxylation is 1. The molecule has 1 aromatic heterocycles. The van der Waals surface area contributed by atoms with Crippen molar-refractivity contribution in [2.45, 2.75) is 70.8 Å². The molecule has 1 aliphatic carbocycles. The van der Waals surface area contributed by atoms with Crippen LogP contribution in [0.15, 0.2) is 34.6 Å². The second kappa shape index (κ2) is 9.88. The number of carbonyl (C=O) groups excluding carboxylic acids is 1. The first-order valence-electron chi connectivity index (χ1n) is 10.2. The fourth-order valence-corrected chi connectivity index (χ4v) is 4.52. The second-order valence-electron chi connectivity index (χ2n) is 7.51. The molecule has 0 unspecified atom stereocenters. The number of carbonyl (C=O) groups is 1. The molecule has 1 saturated carbocycles. The van der Waals surface area contributed by atoms with E-state index >= 15 is 0 Å². The van der Waals surface area contributed by atoms with Gasteiger partial charge >= 0.3 is 0 Å². The average Bonchev–Trinajstić information content (AvgIpc) is 3.01. The van der Waals surface area contributed by atoms with Crippen LogP contribution in [0.1, 0.15) is 63.1 Å². The highest BCUT2D eigenvalue weighted by Gasteiger charge is 2.13. The molecule has 0 radical (unpaired) electrons. The number of benzene rings is 1. The highest BCUT2D eigenvalue weighted by Crippen LogP contribution is 2.20. The Bertz CT molecular complexity index is 798. The Morgan fingerprint density at radius 1 is 1.22 bits per heavy atom. The lowest BCUT2D eigenvalue weighted by atomic mass is 9.96. The van der Waals surface area contributed by atoms with Crippen molar-refractivity contribution in [3.05, 3.63) is 45.7 Å². The van der Waals surface area contributed by atoms with Crippen LogP contribution in [0.25, 0.3) is 0 Å². The standard InChI is InChI=1S/C22H31N3OS/c1-3-4-8-17-11-13-19(14-12-17)23-21(26)15-20-16-27-22(25(20)2)24-18-9-6-5-7-10-18/h11-14,16,18H,3-10,15H2,1-2H3,(H,23,26). The molecule has 1 aliphatic rings. The number of amides is 1. The molecule has 1 fully saturated rings. The van der Waals surface area contributed by atoms with Crippen molar-refractivity contribution in [2.24, 2.45) is 12.0 Å². The lowest BCUT2D eigenvalue weighted by molar-refractivity contribution is -0.115. The van der Waals surface area contributed by atoms with Gasteiger partial charge in [0.15, 0.2) is 4.80 Å². The van der Waals surface area contributed by atoms with Gasteiger partial charge in [-0.15, -0.1) is 11.3 Å². The molecule has 0 bridgehead atoms. The predicted octanol–water partition coefficient (Wildman–Crippen LogP) is 4.84. The summed E-state index contributed by atoms with van der Waals surface area (Å²) in [6.07, 6.45) is 10.2. The molecule has 27 heavy (non-hydrogen) atoms. The minimum atomic E-state index is 0.0222. The minimum Gasteiger partial charge on any atom is -0.326 e. The van der Waals surface area contributed by atoms with Gasteiger partial charge in [-0.05, 0) is 43.4 Å². The van der Waals surface area contributed by atoms with Crippen molar-refractivity contribution in [1.82, 2.24) is 4.57 Å². The lowest BCUT2D eigenvalue weighted by Gasteiger charge is -2.16. The maximum atomic E-state index is 12.4. The fraction of sp³-hybridized carbons (Fsp3) is 0.545. The van der Waals surface area contributed by atoms with Crippen molar-refractivity contribution < 1.29 is 4.79 Å². The Morgan fingerprint density at radius 3 is 2.67 bits per heavy atom. The van der Waals surface area contributed by atoms with Crippen LogP contribution >= 0.6 is 11.3 Å². The third kappa shape index (κ3) is 5.80. The summed E-state index contributed by atoms with van der Waals surface area (Å²) < 4.78 is 2.08. The SMILES string of the molecule is CCCCc1ccc(NC(=O)Cc2csc(=NC3CCCCC3)n2C)cc1. The van der Waals surface area contributed by atoms with Crippen LogP contribution < -0.4 is 10.1 Å². The maximum Gasteiger partial charge on any atom is 0.230 e. The normalized spacial score (nSPS) is 15.9. The monoisotopic (exact) mass is 385 g/mol. The molecule has 0 spiro atoms. The third-order valence-electron chi connectivity index (χ3n) is 5.28. The zero-order valence-corrected chi connectivity index (χ0v) is 17.4. The summed E-state index contributed by atoms with van der Waals surface area (Å²) in [6, 6.07) is 8.67. The first-order chi connectivity index (χ1) is 13.2. The van der Waals surface area contributed by atoms with E-state index in [0.717, 1.165) is 22.6 Å². The van der Waals surface area contributed by atoms with Crippen LogP contribution in [-0.2, 0) is 24.7 Å². The molecule has 0 atom stereocenters. The number of rotatable bonds is 7. The number of thiazole rings is 1. The van der Waals surface area contributed by atoms with Gasteiger partial charge in [-0.1, -0.05) is 44.7 Å². The van der Waals surface area contributed by atoms with Crippen molar-refractivity contribution in [3.8, 4) is 0 Å². The number of nitrogens with zero attached hydrogens (tertiary/aromatic N) is 2. The molecule has 1 aromatic carbocycles. The zero-order chi connectivity index (χ0) is 19.1. The molecule has 5 heteroatoms. The first-order valence-corrected chi connectivity index (χ1v) is 11.1. The van der Waals surface area contributed by atoms with Gasteiger partial charge < -0.3 is 9.88 Å². The van der Waals surface area contributed by atoms with E-state index in [9.17, 15) is 4.79 Å². The molecule has 1 heterocycles. The molecule has 4 nitrogen and oxygen atoms in total. The predicted molar refractivity (Wildman–Crippen MR) is 113 cm³/mol. The Kier molecular flexibility index (Phi) is 7.27. The van der Waals surface area contributed by atoms with Crippen LogP contribution in [0, 0.1) is 0 Å². The van der Waals surface area contributed by atoms with E-state index in [4.69, 9.17) is 4.99 Å². The summed E-state index contributed by atoms with van der Waals surface area (Å²) in [4.78, 5) is 18.4. The average molecular weight is 386 g/mol. The lowest BCUT2D eigenvalue weighted by Crippen LogP contribution is -2.22. The molecular weight excluding hydrogens is 354 g/mol. The minimum absolute atomic E-state index is 0.0222. The van der Waals surface area contributed by atoms with Gasteiger partial charge in [0.1, 0.15) is 0 Å². The van der Waals surface area contributed by atoms with Gasteiger partial charge in [0.05, 0.1) is 12.5 Å². The Hall–Kier alpha value is -1.88. The van der Waals surface area contributed by atoms with Crippen molar-refractivity contribution in [1.29, 1.82) is 0 Å². The van der Waals surface area contributed by atoms with Crippen LogP contribution in [0.2, 0.25) is 0 Å². The molecule has 146 valence electrons. The van der Waals surface area contributed by atoms with Gasteiger partial charge in [0.25, 0.3) is 0 Å². The molecule has 0 aliphatic heterocycles. The van der Waals surface area contributed by atoms with E-state index in [-0.39, 0.29) is 5.91 Å². The van der Waals surface area contributed by atoms with Crippen molar-refractivity contribution >= 4 is 22.9 Å². The van der Waals surface area contributed by atoms with Gasteiger partial charge in [0.2, 0.25) is 5.91 Å². The van der Waals surface area contributed by atoms with E-state index in [0.29, 0.717) is 12.5 Å². The number of hydrogen-bond donors (Lipinski definition) is 1. The van der Waals surface area contributed by atoms with Gasteiger partial charge in [-0.3, -0.25) is 9.79 Å². The highest BCUT2D eigenvalue weighted by atomic mass is 32.1. The summed E-state index contributed by atoms with van der Waals surface area (Å²) in [7, 11) is 2.02. The molecule has 3 rings (SSSR count). The summed E-state index contributed by atoms with van der Waals surface area (Å²) in [6.45, 7) is 2.20. The van der Waals surface area contributed by atoms with E-state index < -0.39 is 0 Å². The van der Waals surface area contributed by atoms with E-state index in [1.165, 1.54) is 50.5 Å². The molecule has 1 amide bonds. The smallest absolute Gasteiger partial charge is 0.230 e. The van der Waals surface area contributed by atoms with E-state index in [1.54, 1.807) is 11.3 Å². The summed E-state index contributed by atoms with van der Waals surface area (Å²) in [5.41, 5.74) is 3.21. The maximum absolute atomic E-state index is 12.4. The van der Waals surface area contributed by atoms with E-state index in [2.05, 4.69) is 34.3 Å². The largest absolute Gasteiger partial charge is 0.326 e. The Balaban J connectivity index is 1.58. The number of hydrogen-bond acceptors (Lipinski definition) is 3. The topological polar surface area (TPSA) is 46.4 Å². The number of aromatic nitrogens is 1. The van der Waals surface area contributed by atoms with Gasteiger partial charge in [-0.25, -0.2) is 0 Å². The van der Waals surface area contributed by atoms with Crippen LogP contribution in [-0.4, -0.2) is 16.5 Å². The molecular formula is C22H31N3OS. The van der Waals surface area contributed by atoms with Crippen molar-refractivity contribution in [3.63, 3.8) is 0 Å². The summed E-state index contributed by atoms with van der Waals surface area (Å²) in [5, 5.41) is 5.08. The molecule has 2 aromatic rings. The Morgan fingerprint density at radius 2 is 1.96 bits per heavy atom. The van der Waals surface area contributed by atoms with Gasteiger partial charge in [-0.2, -0.15) is 0 Å². The van der Waals surface area contributed by atoms with Crippen LogP contribution in [0.5, 0.6) is 0 Å².